The van der Waals surface area contributed by atoms with Gasteiger partial charge >= 0.3 is 5.97 Å². The van der Waals surface area contributed by atoms with Gasteiger partial charge in [-0.15, -0.1) is 0 Å². The van der Waals surface area contributed by atoms with Crippen LogP contribution in [-0.4, -0.2) is 34.1 Å². The molecule has 2 heterocycles. The highest BCUT2D eigenvalue weighted by atomic mass is 19.1. The van der Waals surface area contributed by atoms with Gasteiger partial charge < -0.3 is 19.4 Å². The number of nitrogens with one attached hydrogen (secondary N) is 1. The molecule has 0 unspecified atom stereocenters. The number of nitrogens with zero attached hydrogens (tertiary/aromatic N) is 2. The Bertz CT molecular complexity index is 1120. The Hall–Kier alpha value is -3.42. The summed E-state index contributed by atoms with van der Waals surface area (Å²) >= 11 is 0. The lowest BCUT2D eigenvalue weighted by Gasteiger charge is -2.12. The number of amides is 1. The first-order valence-corrected chi connectivity index (χ1v) is 10.2. The molecule has 2 aromatic heterocycles. The van der Waals surface area contributed by atoms with Crippen molar-refractivity contribution in [3.8, 4) is 5.75 Å². The molecule has 0 spiro atoms. The van der Waals surface area contributed by atoms with E-state index in [4.69, 9.17) is 9.47 Å². The molecule has 1 aromatic carbocycles. The summed E-state index contributed by atoms with van der Waals surface area (Å²) in [5.74, 6) is -0.948. The third-order valence-corrected chi connectivity index (χ3v) is 4.71. The fourth-order valence-electron chi connectivity index (χ4n) is 3.31. The molecule has 0 aliphatic heterocycles. The summed E-state index contributed by atoms with van der Waals surface area (Å²) in [6.45, 7) is 7.61. The number of carbonyl (C=O) groups excluding carboxylic acids is 2. The van der Waals surface area contributed by atoms with Crippen LogP contribution in [-0.2, 0) is 18.2 Å². The normalized spacial score (nSPS) is 11.1. The minimum absolute atomic E-state index is 0.193. The molecular formula is C23H26FN3O4. The molecule has 3 aromatic rings. The number of carbonyl (C=O) groups is 2. The summed E-state index contributed by atoms with van der Waals surface area (Å²) in [5.41, 5.74) is 2.29. The monoisotopic (exact) mass is 427 g/mol. The highest BCUT2D eigenvalue weighted by Crippen LogP contribution is 2.36. The van der Waals surface area contributed by atoms with Crippen molar-refractivity contribution in [1.82, 2.24) is 9.55 Å². The summed E-state index contributed by atoms with van der Waals surface area (Å²) < 4.78 is 26.0. The molecule has 8 heteroatoms. The molecule has 0 aliphatic carbocycles. The van der Waals surface area contributed by atoms with Crippen molar-refractivity contribution >= 4 is 28.6 Å². The Kier molecular flexibility index (Phi) is 6.58. The summed E-state index contributed by atoms with van der Waals surface area (Å²) in [4.78, 5) is 30.0. The van der Waals surface area contributed by atoms with Crippen LogP contribution in [0.4, 0.5) is 10.1 Å². The number of halogens is 1. The van der Waals surface area contributed by atoms with Crippen LogP contribution in [0, 0.1) is 5.82 Å². The van der Waals surface area contributed by atoms with Gasteiger partial charge in [-0.05, 0) is 57.5 Å². The molecular weight excluding hydrogens is 401 g/mol. The average molecular weight is 427 g/mol. The van der Waals surface area contributed by atoms with Gasteiger partial charge in [-0.3, -0.25) is 4.79 Å². The number of pyridine rings is 1. The Morgan fingerprint density at radius 3 is 2.45 bits per heavy atom. The average Bonchev–Trinajstić information content (AvgIpc) is 2.98. The van der Waals surface area contributed by atoms with Crippen LogP contribution in [0.25, 0.3) is 11.0 Å². The van der Waals surface area contributed by atoms with Crippen LogP contribution in [0.3, 0.4) is 0 Å². The second-order valence-corrected chi connectivity index (χ2v) is 7.29. The maximum Gasteiger partial charge on any atom is 0.358 e. The lowest BCUT2D eigenvalue weighted by atomic mass is 10.1. The fourth-order valence-corrected chi connectivity index (χ4v) is 3.31. The molecule has 0 bridgehead atoms. The fraction of sp³-hybridized carbons (Fsp3) is 0.348. The van der Waals surface area contributed by atoms with Crippen LogP contribution >= 0.6 is 0 Å². The van der Waals surface area contributed by atoms with Gasteiger partial charge in [0.05, 0.1) is 29.5 Å². The number of hydrogen-bond donors (Lipinski definition) is 1. The molecule has 164 valence electrons. The highest BCUT2D eigenvalue weighted by molar-refractivity contribution is 6.07. The van der Waals surface area contributed by atoms with E-state index < -0.39 is 11.8 Å². The standard InChI is InChI=1S/C23H26FN3O4/c1-6-17-18(26-22(28)14-8-10-15(24)11-9-14)12-16-20(31-13(3)4)19(23(29)30-7-2)27(5)21(16)25-17/h8-13H,6-7H2,1-5H3,(H,26,28). The number of anilines is 1. The molecule has 0 fully saturated rings. The summed E-state index contributed by atoms with van der Waals surface area (Å²) in [5, 5.41) is 3.44. The van der Waals surface area contributed by atoms with Crippen LogP contribution in [0.2, 0.25) is 0 Å². The predicted octanol–water partition coefficient (Wildman–Crippen LogP) is 4.49. The summed E-state index contributed by atoms with van der Waals surface area (Å²) in [6, 6.07) is 7.04. The third kappa shape index (κ3) is 4.52. The number of benzene rings is 1. The molecule has 3 rings (SSSR count). The number of aryl methyl sites for hydroxylation is 2. The second kappa shape index (κ2) is 9.16. The summed E-state index contributed by atoms with van der Waals surface area (Å²) in [6.07, 6.45) is 0.358. The first-order valence-electron chi connectivity index (χ1n) is 10.2. The van der Waals surface area contributed by atoms with Crippen molar-refractivity contribution in [2.24, 2.45) is 7.05 Å². The third-order valence-electron chi connectivity index (χ3n) is 4.71. The van der Waals surface area contributed by atoms with Crippen LogP contribution < -0.4 is 10.1 Å². The molecule has 1 N–H and O–H groups in total. The van der Waals surface area contributed by atoms with Crippen molar-refractivity contribution in [2.45, 2.75) is 40.2 Å². The van der Waals surface area contributed by atoms with Crippen molar-refractivity contribution in [1.29, 1.82) is 0 Å². The lowest BCUT2D eigenvalue weighted by molar-refractivity contribution is 0.0509. The number of esters is 1. The van der Waals surface area contributed by atoms with Crippen molar-refractivity contribution in [3.63, 3.8) is 0 Å². The minimum atomic E-state index is -0.506. The highest BCUT2D eigenvalue weighted by Gasteiger charge is 2.26. The van der Waals surface area contributed by atoms with Gasteiger partial charge in [0, 0.05) is 12.6 Å². The van der Waals surface area contributed by atoms with Crippen molar-refractivity contribution < 1.29 is 23.5 Å². The van der Waals surface area contributed by atoms with Crippen molar-refractivity contribution in [3.05, 3.63) is 53.1 Å². The maximum absolute atomic E-state index is 13.2. The molecule has 0 saturated carbocycles. The Morgan fingerprint density at radius 2 is 1.87 bits per heavy atom. The Morgan fingerprint density at radius 1 is 1.19 bits per heavy atom. The number of fused-ring (bicyclic) bond motifs is 1. The topological polar surface area (TPSA) is 82.4 Å². The number of rotatable bonds is 7. The summed E-state index contributed by atoms with van der Waals surface area (Å²) in [7, 11) is 1.73. The predicted molar refractivity (Wildman–Crippen MR) is 116 cm³/mol. The molecule has 7 nitrogen and oxygen atoms in total. The number of hydrogen-bond acceptors (Lipinski definition) is 5. The largest absolute Gasteiger partial charge is 0.488 e. The minimum Gasteiger partial charge on any atom is -0.488 e. The second-order valence-electron chi connectivity index (χ2n) is 7.29. The zero-order valence-electron chi connectivity index (χ0n) is 18.3. The van der Waals surface area contributed by atoms with E-state index in [0.717, 1.165) is 0 Å². The van der Waals surface area contributed by atoms with E-state index in [2.05, 4.69) is 10.3 Å². The van der Waals surface area contributed by atoms with E-state index in [1.54, 1.807) is 24.6 Å². The zero-order chi connectivity index (χ0) is 22.7. The van der Waals surface area contributed by atoms with Crippen LogP contribution in [0.5, 0.6) is 5.75 Å². The van der Waals surface area contributed by atoms with Crippen LogP contribution in [0.1, 0.15) is 54.2 Å². The van der Waals surface area contributed by atoms with Crippen LogP contribution in [0.15, 0.2) is 30.3 Å². The molecule has 1 amide bonds. The SMILES string of the molecule is CCOC(=O)c1c(OC(C)C)c2cc(NC(=O)c3ccc(F)cc3)c(CC)nc2n1C. The van der Waals surface area contributed by atoms with E-state index in [1.165, 1.54) is 24.3 Å². The van der Waals surface area contributed by atoms with Gasteiger partial charge in [0.1, 0.15) is 11.5 Å². The molecule has 0 radical (unpaired) electrons. The first kappa shape index (κ1) is 22.3. The van der Waals surface area contributed by atoms with Gasteiger partial charge in [0.15, 0.2) is 11.4 Å². The first-order chi connectivity index (χ1) is 14.8. The van der Waals surface area contributed by atoms with E-state index in [0.29, 0.717) is 40.1 Å². The van der Waals surface area contributed by atoms with E-state index in [-0.39, 0.29) is 24.3 Å². The maximum atomic E-state index is 13.2. The number of ether oxygens (including phenoxy) is 2. The zero-order valence-corrected chi connectivity index (χ0v) is 18.3. The van der Waals surface area contributed by atoms with E-state index >= 15 is 0 Å². The molecule has 0 atom stereocenters. The van der Waals surface area contributed by atoms with E-state index in [1.807, 2.05) is 20.8 Å². The Balaban J connectivity index is 2.13. The van der Waals surface area contributed by atoms with Gasteiger partial charge in [0.25, 0.3) is 5.91 Å². The van der Waals surface area contributed by atoms with Gasteiger partial charge in [0.2, 0.25) is 0 Å². The lowest BCUT2D eigenvalue weighted by Crippen LogP contribution is -2.14. The van der Waals surface area contributed by atoms with E-state index in [9.17, 15) is 14.0 Å². The smallest absolute Gasteiger partial charge is 0.358 e. The number of aromatic nitrogens is 2. The van der Waals surface area contributed by atoms with Gasteiger partial charge in [-0.25, -0.2) is 14.2 Å². The molecule has 31 heavy (non-hydrogen) atoms. The molecule has 0 saturated heterocycles. The molecule has 0 aliphatic rings. The Labute approximate surface area is 180 Å². The quantitative estimate of drug-likeness (QED) is 0.562. The van der Waals surface area contributed by atoms with Gasteiger partial charge in [-0.1, -0.05) is 6.92 Å². The van der Waals surface area contributed by atoms with Gasteiger partial charge in [-0.2, -0.15) is 0 Å². The van der Waals surface area contributed by atoms with Crippen molar-refractivity contribution in [2.75, 3.05) is 11.9 Å².